The van der Waals surface area contributed by atoms with Crippen LogP contribution >= 0.6 is 0 Å². The first kappa shape index (κ1) is 17.2. The van der Waals surface area contributed by atoms with E-state index < -0.39 is 0 Å². The summed E-state index contributed by atoms with van der Waals surface area (Å²) in [6.45, 7) is 1.02. The van der Waals surface area contributed by atoms with Crippen molar-refractivity contribution in [3.63, 3.8) is 0 Å². The predicted octanol–water partition coefficient (Wildman–Crippen LogP) is 5.85. The molecule has 0 atom stereocenters. The van der Waals surface area contributed by atoms with Crippen molar-refractivity contribution in [2.75, 3.05) is 0 Å². The van der Waals surface area contributed by atoms with Gasteiger partial charge in [0.15, 0.2) is 0 Å². The van der Waals surface area contributed by atoms with Crippen LogP contribution in [0.4, 0.5) is 0 Å². The molecule has 0 radical (unpaired) electrons. The Balaban J connectivity index is 1.67. The van der Waals surface area contributed by atoms with Crippen molar-refractivity contribution in [3.05, 3.63) is 84.6 Å². The molecule has 0 bridgehead atoms. The molecule has 0 N–H and O–H groups in total. The number of imidazole rings is 1. The van der Waals surface area contributed by atoms with Gasteiger partial charge in [-0.25, -0.2) is 4.98 Å². The third-order valence-electron chi connectivity index (χ3n) is 6.02. The van der Waals surface area contributed by atoms with Gasteiger partial charge in [-0.3, -0.25) is 9.20 Å². The highest BCUT2D eigenvalue weighted by molar-refractivity contribution is 5.91. The molecule has 30 heavy (non-hydrogen) atoms. The fourth-order valence-electron chi connectivity index (χ4n) is 4.35. The lowest BCUT2D eigenvalue weighted by Gasteiger charge is -2.11. The van der Waals surface area contributed by atoms with E-state index >= 15 is 0 Å². The Kier molecular flexibility index (Phi) is 3.85. The summed E-state index contributed by atoms with van der Waals surface area (Å²) in [5, 5.41) is 1.23. The van der Waals surface area contributed by atoms with Crippen LogP contribution in [0.2, 0.25) is 0 Å². The molecule has 0 unspecified atom stereocenters. The standard InChI is InChI=1S/C26H21N3O/c30-17-19-12-13-28-24(14-19)27-25(26(28)20-6-2-1-3-7-20)23-15-21-8-4-5-9-22(21)29(23)16-18-10-11-18/h1-9,12-15,17-18H,10-11,16H2. The molecule has 0 amide bonds. The van der Waals surface area contributed by atoms with E-state index in [2.05, 4.69) is 63.6 Å². The Morgan fingerprint density at radius 3 is 2.57 bits per heavy atom. The smallest absolute Gasteiger partial charge is 0.150 e. The van der Waals surface area contributed by atoms with E-state index in [1.54, 1.807) is 0 Å². The van der Waals surface area contributed by atoms with E-state index in [1.165, 1.54) is 23.7 Å². The number of hydrogen-bond acceptors (Lipinski definition) is 2. The van der Waals surface area contributed by atoms with Crippen LogP contribution in [0.15, 0.2) is 79.0 Å². The number of pyridine rings is 1. The topological polar surface area (TPSA) is 39.3 Å². The summed E-state index contributed by atoms with van der Waals surface area (Å²) < 4.78 is 4.53. The summed E-state index contributed by atoms with van der Waals surface area (Å²) in [4.78, 5) is 16.4. The fourth-order valence-corrected chi connectivity index (χ4v) is 4.35. The number of rotatable bonds is 5. The maximum Gasteiger partial charge on any atom is 0.150 e. The maximum atomic E-state index is 11.3. The lowest BCUT2D eigenvalue weighted by atomic mass is 10.1. The highest BCUT2D eigenvalue weighted by atomic mass is 16.1. The minimum absolute atomic E-state index is 0.636. The van der Waals surface area contributed by atoms with Crippen LogP contribution < -0.4 is 0 Å². The summed E-state index contributed by atoms with van der Waals surface area (Å²) in [7, 11) is 0. The van der Waals surface area contributed by atoms with Gasteiger partial charge in [-0.05, 0) is 43.0 Å². The van der Waals surface area contributed by atoms with Gasteiger partial charge in [0.25, 0.3) is 0 Å². The first-order chi connectivity index (χ1) is 14.8. The predicted molar refractivity (Wildman–Crippen MR) is 120 cm³/mol. The highest BCUT2D eigenvalue weighted by Crippen LogP contribution is 2.39. The minimum Gasteiger partial charge on any atom is -0.339 e. The molecule has 4 heteroatoms. The molecule has 2 aromatic carbocycles. The molecule has 5 aromatic rings. The van der Waals surface area contributed by atoms with Crippen molar-refractivity contribution in [1.29, 1.82) is 0 Å². The SMILES string of the molecule is O=Cc1ccn2c(-c3ccccc3)c(-c3cc4ccccc4n3CC3CC3)nc2c1. The van der Waals surface area contributed by atoms with Gasteiger partial charge in [-0.2, -0.15) is 0 Å². The van der Waals surface area contributed by atoms with Crippen LogP contribution in [0, 0.1) is 5.92 Å². The van der Waals surface area contributed by atoms with Crippen LogP contribution in [0.1, 0.15) is 23.2 Å². The van der Waals surface area contributed by atoms with Gasteiger partial charge in [0.1, 0.15) is 17.6 Å². The van der Waals surface area contributed by atoms with E-state index in [9.17, 15) is 4.79 Å². The highest BCUT2D eigenvalue weighted by Gasteiger charge is 2.26. The number of fused-ring (bicyclic) bond motifs is 2. The van der Waals surface area contributed by atoms with E-state index in [0.29, 0.717) is 5.56 Å². The van der Waals surface area contributed by atoms with Crippen LogP contribution in [-0.2, 0) is 6.54 Å². The minimum atomic E-state index is 0.636. The molecule has 0 saturated heterocycles. The zero-order chi connectivity index (χ0) is 20.1. The summed E-state index contributed by atoms with van der Waals surface area (Å²) in [5.41, 5.74) is 6.95. The second-order valence-electron chi connectivity index (χ2n) is 8.12. The van der Waals surface area contributed by atoms with Gasteiger partial charge >= 0.3 is 0 Å². The van der Waals surface area contributed by atoms with Crippen molar-refractivity contribution < 1.29 is 4.79 Å². The number of hydrogen-bond donors (Lipinski definition) is 0. The summed E-state index contributed by atoms with van der Waals surface area (Å²) in [6, 6.07) is 24.9. The molecule has 1 saturated carbocycles. The number of carbonyl (C=O) groups excluding carboxylic acids is 1. The fraction of sp³-hybridized carbons (Fsp3) is 0.154. The Morgan fingerprint density at radius 2 is 1.77 bits per heavy atom. The van der Waals surface area contributed by atoms with Gasteiger partial charge in [0.2, 0.25) is 0 Å². The van der Waals surface area contributed by atoms with Gasteiger partial charge in [-0.15, -0.1) is 0 Å². The quantitative estimate of drug-likeness (QED) is 0.353. The van der Waals surface area contributed by atoms with Crippen LogP contribution in [0.5, 0.6) is 0 Å². The molecule has 3 heterocycles. The monoisotopic (exact) mass is 391 g/mol. The van der Waals surface area contributed by atoms with E-state index in [4.69, 9.17) is 4.98 Å². The van der Waals surface area contributed by atoms with E-state index in [0.717, 1.165) is 47.0 Å². The summed E-state index contributed by atoms with van der Waals surface area (Å²) >= 11 is 0. The average molecular weight is 391 g/mol. The van der Waals surface area contributed by atoms with Crippen molar-refractivity contribution in [2.45, 2.75) is 19.4 Å². The Hall–Kier alpha value is -3.66. The summed E-state index contributed by atoms with van der Waals surface area (Å²) in [6.07, 6.45) is 5.42. The molecule has 1 aliphatic carbocycles. The second kappa shape index (κ2) is 6.70. The Bertz CT molecular complexity index is 1390. The zero-order valence-electron chi connectivity index (χ0n) is 16.5. The van der Waals surface area contributed by atoms with Crippen LogP contribution in [0.25, 0.3) is 39.2 Å². The molecule has 146 valence electrons. The van der Waals surface area contributed by atoms with Crippen LogP contribution in [-0.4, -0.2) is 20.2 Å². The molecular formula is C26H21N3O. The third-order valence-corrected chi connectivity index (χ3v) is 6.02. The van der Waals surface area contributed by atoms with Crippen molar-refractivity contribution in [3.8, 4) is 22.6 Å². The number of benzene rings is 2. The van der Waals surface area contributed by atoms with Gasteiger partial charge in [-0.1, -0.05) is 48.5 Å². The zero-order valence-corrected chi connectivity index (χ0v) is 16.5. The number of aromatic nitrogens is 3. The van der Waals surface area contributed by atoms with Crippen molar-refractivity contribution in [1.82, 2.24) is 14.0 Å². The number of para-hydroxylation sites is 1. The molecule has 3 aromatic heterocycles. The molecule has 0 spiro atoms. The molecule has 4 nitrogen and oxygen atoms in total. The number of carbonyl (C=O) groups is 1. The van der Waals surface area contributed by atoms with Gasteiger partial charge in [0, 0.05) is 34.8 Å². The van der Waals surface area contributed by atoms with Gasteiger partial charge in [0.05, 0.1) is 11.4 Å². The van der Waals surface area contributed by atoms with E-state index in [1.807, 2.05) is 24.4 Å². The first-order valence-electron chi connectivity index (χ1n) is 10.4. The van der Waals surface area contributed by atoms with Crippen molar-refractivity contribution in [2.24, 2.45) is 5.92 Å². The lowest BCUT2D eigenvalue weighted by Crippen LogP contribution is -2.02. The average Bonchev–Trinajstić information content (AvgIpc) is 3.43. The maximum absolute atomic E-state index is 11.3. The van der Waals surface area contributed by atoms with Crippen LogP contribution in [0.3, 0.4) is 0 Å². The van der Waals surface area contributed by atoms with Crippen molar-refractivity contribution >= 4 is 22.8 Å². The van der Waals surface area contributed by atoms with E-state index in [-0.39, 0.29) is 0 Å². The van der Waals surface area contributed by atoms with Gasteiger partial charge < -0.3 is 4.57 Å². The normalized spacial score (nSPS) is 13.9. The second-order valence-corrected chi connectivity index (χ2v) is 8.12. The molecule has 0 aliphatic heterocycles. The molecular weight excluding hydrogens is 370 g/mol. The largest absolute Gasteiger partial charge is 0.339 e. The molecule has 6 rings (SSSR count). The lowest BCUT2D eigenvalue weighted by molar-refractivity contribution is 0.112. The number of nitrogens with zero attached hydrogens (tertiary/aromatic N) is 3. The molecule has 1 aliphatic rings. The third kappa shape index (κ3) is 2.76. The Morgan fingerprint density at radius 1 is 0.967 bits per heavy atom. The Labute approximate surface area is 174 Å². The molecule has 1 fully saturated rings. The first-order valence-corrected chi connectivity index (χ1v) is 10.4. The number of aldehydes is 1. The summed E-state index contributed by atoms with van der Waals surface area (Å²) in [5.74, 6) is 0.749.